The van der Waals surface area contributed by atoms with Crippen molar-refractivity contribution in [1.29, 1.82) is 0 Å². The molecule has 0 aliphatic heterocycles. The summed E-state index contributed by atoms with van der Waals surface area (Å²) < 4.78 is 4.70. The first kappa shape index (κ1) is 16.5. The SMILES string of the molecule is COC(=O)C(C)CN(C(=O)c1ccccc1Cl)C(C)C. The maximum atomic E-state index is 12.5. The molecule has 0 spiro atoms. The number of rotatable bonds is 5. The molecular weight excluding hydrogens is 278 g/mol. The molecule has 4 nitrogen and oxygen atoms in total. The Labute approximate surface area is 124 Å². The molecule has 1 unspecified atom stereocenters. The fourth-order valence-corrected chi connectivity index (χ4v) is 2.10. The lowest BCUT2D eigenvalue weighted by Crippen LogP contribution is -2.41. The number of halogens is 1. The van der Waals surface area contributed by atoms with Crippen molar-refractivity contribution in [2.45, 2.75) is 26.8 Å². The third-order valence-corrected chi connectivity index (χ3v) is 3.39. The van der Waals surface area contributed by atoms with Crippen molar-refractivity contribution >= 4 is 23.5 Å². The van der Waals surface area contributed by atoms with Gasteiger partial charge >= 0.3 is 5.97 Å². The normalized spacial score (nSPS) is 12.1. The van der Waals surface area contributed by atoms with Gasteiger partial charge in [-0.15, -0.1) is 0 Å². The van der Waals surface area contributed by atoms with Crippen LogP contribution in [0, 0.1) is 5.92 Å². The molecule has 1 amide bonds. The van der Waals surface area contributed by atoms with E-state index < -0.39 is 0 Å². The van der Waals surface area contributed by atoms with Crippen LogP contribution in [-0.2, 0) is 9.53 Å². The van der Waals surface area contributed by atoms with Gasteiger partial charge in [0.1, 0.15) is 0 Å². The van der Waals surface area contributed by atoms with Crippen LogP contribution in [0.2, 0.25) is 5.02 Å². The van der Waals surface area contributed by atoms with E-state index in [0.29, 0.717) is 17.1 Å². The molecule has 0 aromatic heterocycles. The summed E-state index contributed by atoms with van der Waals surface area (Å²) in [6, 6.07) is 6.86. The second kappa shape index (κ2) is 7.29. The van der Waals surface area contributed by atoms with Gasteiger partial charge in [0.25, 0.3) is 5.91 Å². The summed E-state index contributed by atoms with van der Waals surface area (Å²) in [5, 5.41) is 0.411. The lowest BCUT2D eigenvalue weighted by molar-refractivity contribution is -0.145. The number of carbonyl (C=O) groups excluding carboxylic acids is 2. The van der Waals surface area contributed by atoms with Gasteiger partial charge in [0.05, 0.1) is 23.6 Å². The number of esters is 1. The molecule has 5 heteroatoms. The minimum Gasteiger partial charge on any atom is -0.469 e. The first-order valence-electron chi connectivity index (χ1n) is 6.51. The fourth-order valence-electron chi connectivity index (χ4n) is 1.89. The summed E-state index contributed by atoms with van der Waals surface area (Å²) in [4.78, 5) is 25.7. The number of nitrogens with zero attached hydrogens (tertiary/aromatic N) is 1. The van der Waals surface area contributed by atoms with Crippen LogP contribution in [0.3, 0.4) is 0 Å². The maximum Gasteiger partial charge on any atom is 0.310 e. The Kier molecular flexibility index (Phi) is 6.02. The van der Waals surface area contributed by atoms with Crippen LogP contribution in [0.25, 0.3) is 0 Å². The molecule has 1 atom stereocenters. The van der Waals surface area contributed by atoms with E-state index in [1.807, 2.05) is 13.8 Å². The molecule has 0 saturated heterocycles. The number of benzene rings is 1. The number of carbonyl (C=O) groups is 2. The van der Waals surface area contributed by atoms with Gasteiger partial charge in [-0.05, 0) is 26.0 Å². The molecular formula is C15H20ClNO3. The Morgan fingerprint density at radius 2 is 1.85 bits per heavy atom. The van der Waals surface area contributed by atoms with Crippen molar-refractivity contribution in [2.75, 3.05) is 13.7 Å². The van der Waals surface area contributed by atoms with Crippen LogP contribution < -0.4 is 0 Å². The maximum absolute atomic E-state index is 12.5. The Hall–Kier alpha value is -1.55. The molecule has 1 rings (SSSR count). The van der Waals surface area contributed by atoms with E-state index >= 15 is 0 Å². The largest absolute Gasteiger partial charge is 0.469 e. The molecule has 0 saturated carbocycles. The molecule has 0 aliphatic carbocycles. The second-order valence-corrected chi connectivity index (χ2v) is 5.36. The summed E-state index contributed by atoms with van der Waals surface area (Å²) in [5.41, 5.74) is 0.444. The molecule has 0 radical (unpaired) electrons. The van der Waals surface area contributed by atoms with Crippen LogP contribution in [-0.4, -0.2) is 36.5 Å². The first-order valence-corrected chi connectivity index (χ1v) is 6.89. The zero-order valence-corrected chi connectivity index (χ0v) is 13.0. The average molecular weight is 298 g/mol. The summed E-state index contributed by atoms with van der Waals surface area (Å²) in [7, 11) is 1.34. The predicted molar refractivity (Wildman–Crippen MR) is 78.8 cm³/mol. The van der Waals surface area contributed by atoms with Crippen molar-refractivity contribution in [2.24, 2.45) is 5.92 Å². The van der Waals surface area contributed by atoms with Gasteiger partial charge in [-0.3, -0.25) is 9.59 Å². The highest BCUT2D eigenvalue weighted by Crippen LogP contribution is 2.19. The van der Waals surface area contributed by atoms with Crippen LogP contribution in [0.4, 0.5) is 0 Å². The van der Waals surface area contributed by atoms with Crippen molar-refractivity contribution < 1.29 is 14.3 Å². The zero-order chi connectivity index (χ0) is 15.3. The van der Waals surface area contributed by atoms with Crippen LogP contribution in [0.1, 0.15) is 31.1 Å². The number of ether oxygens (including phenoxy) is 1. The van der Waals surface area contributed by atoms with Gasteiger partial charge in [-0.2, -0.15) is 0 Å². The van der Waals surface area contributed by atoms with E-state index in [9.17, 15) is 9.59 Å². The van der Waals surface area contributed by atoms with Gasteiger partial charge < -0.3 is 9.64 Å². The molecule has 0 bridgehead atoms. The van der Waals surface area contributed by atoms with Gasteiger partial charge in [-0.1, -0.05) is 30.7 Å². The lowest BCUT2D eigenvalue weighted by Gasteiger charge is -2.29. The predicted octanol–water partition coefficient (Wildman–Crippen LogP) is 3.00. The van der Waals surface area contributed by atoms with Crippen LogP contribution in [0.5, 0.6) is 0 Å². The highest BCUT2D eigenvalue weighted by Gasteiger charge is 2.25. The molecule has 1 aromatic rings. The van der Waals surface area contributed by atoms with E-state index in [1.54, 1.807) is 36.1 Å². The Balaban J connectivity index is 2.95. The quantitative estimate of drug-likeness (QED) is 0.785. The second-order valence-electron chi connectivity index (χ2n) is 4.96. The fraction of sp³-hybridized carbons (Fsp3) is 0.467. The highest BCUT2D eigenvalue weighted by molar-refractivity contribution is 6.33. The molecule has 20 heavy (non-hydrogen) atoms. The molecule has 0 N–H and O–H groups in total. The Morgan fingerprint density at radius 1 is 1.25 bits per heavy atom. The van der Waals surface area contributed by atoms with E-state index in [2.05, 4.69) is 0 Å². The third-order valence-electron chi connectivity index (χ3n) is 3.06. The summed E-state index contributed by atoms with van der Waals surface area (Å²) >= 11 is 6.06. The van der Waals surface area contributed by atoms with E-state index in [4.69, 9.17) is 16.3 Å². The number of hydrogen-bond acceptors (Lipinski definition) is 3. The van der Waals surface area contributed by atoms with E-state index in [-0.39, 0.29) is 23.8 Å². The van der Waals surface area contributed by atoms with Crippen molar-refractivity contribution in [3.63, 3.8) is 0 Å². The number of hydrogen-bond donors (Lipinski definition) is 0. The molecule has 1 aromatic carbocycles. The van der Waals surface area contributed by atoms with Crippen molar-refractivity contribution in [1.82, 2.24) is 4.90 Å². The summed E-state index contributed by atoms with van der Waals surface area (Å²) in [5.74, 6) is -0.891. The summed E-state index contributed by atoms with van der Waals surface area (Å²) in [6.07, 6.45) is 0. The van der Waals surface area contributed by atoms with Gasteiger partial charge in [0.15, 0.2) is 0 Å². The Morgan fingerprint density at radius 3 is 2.35 bits per heavy atom. The molecule has 0 heterocycles. The smallest absolute Gasteiger partial charge is 0.310 e. The molecule has 0 fully saturated rings. The van der Waals surface area contributed by atoms with Crippen LogP contribution in [0.15, 0.2) is 24.3 Å². The lowest BCUT2D eigenvalue weighted by atomic mass is 10.1. The van der Waals surface area contributed by atoms with E-state index in [1.165, 1.54) is 7.11 Å². The highest BCUT2D eigenvalue weighted by atomic mass is 35.5. The monoisotopic (exact) mass is 297 g/mol. The number of amides is 1. The minimum absolute atomic E-state index is 0.0362. The molecule has 0 aliphatic rings. The zero-order valence-electron chi connectivity index (χ0n) is 12.2. The average Bonchev–Trinajstić information content (AvgIpc) is 2.43. The van der Waals surface area contributed by atoms with Crippen molar-refractivity contribution in [3.8, 4) is 0 Å². The van der Waals surface area contributed by atoms with Gasteiger partial charge in [0, 0.05) is 12.6 Å². The Bertz CT molecular complexity index is 488. The minimum atomic E-state index is -0.381. The van der Waals surface area contributed by atoms with Crippen LogP contribution >= 0.6 is 11.6 Å². The van der Waals surface area contributed by atoms with E-state index in [0.717, 1.165) is 0 Å². The molecule has 110 valence electrons. The summed E-state index contributed by atoms with van der Waals surface area (Å²) in [6.45, 7) is 5.84. The van der Waals surface area contributed by atoms with Gasteiger partial charge in [-0.25, -0.2) is 0 Å². The third kappa shape index (κ3) is 3.97. The van der Waals surface area contributed by atoms with Gasteiger partial charge in [0.2, 0.25) is 0 Å². The number of methoxy groups -OCH3 is 1. The first-order chi connectivity index (χ1) is 9.38. The topological polar surface area (TPSA) is 46.6 Å². The standard InChI is InChI=1S/C15H20ClNO3/c1-10(2)17(9-11(3)15(19)20-4)14(18)12-7-5-6-8-13(12)16/h5-8,10-11H,9H2,1-4H3. The van der Waals surface area contributed by atoms with Crippen molar-refractivity contribution in [3.05, 3.63) is 34.9 Å².